The normalized spacial score (nSPS) is 18.5. The van der Waals surface area contributed by atoms with Gasteiger partial charge in [-0.2, -0.15) is 0 Å². The van der Waals surface area contributed by atoms with E-state index in [1.807, 2.05) is 0 Å². The molecule has 2 N–H and O–H groups in total. The van der Waals surface area contributed by atoms with Crippen LogP contribution in [0.1, 0.15) is 50.8 Å². The molecule has 0 saturated heterocycles. The zero-order valence-electron chi connectivity index (χ0n) is 12.8. The first-order valence-corrected chi connectivity index (χ1v) is 9.92. The van der Waals surface area contributed by atoms with Crippen molar-refractivity contribution >= 4 is 21.4 Å². The molecule has 0 radical (unpaired) electrons. The third-order valence-corrected chi connectivity index (χ3v) is 6.80. The highest BCUT2D eigenvalue weighted by molar-refractivity contribution is 7.89. The predicted molar refractivity (Wildman–Crippen MR) is 85.8 cm³/mol. The Balaban J connectivity index is 2.10. The molecule has 0 aliphatic heterocycles. The number of nitrogens with one attached hydrogen (secondary N) is 1. The molecule has 2 rings (SSSR count). The van der Waals surface area contributed by atoms with Crippen LogP contribution in [0.2, 0.25) is 0 Å². The number of hydrogen-bond acceptors (Lipinski definition) is 4. The molecule has 1 heterocycles. The lowest BCUT2D eigenvalue weighted by Crippen LogP contribution is -2.37. The van der Waals surface area contributed by atoms with Crippen LogP contribution in [0.25, 0.3) is 0 Å². The second-order valence-electron chi connectivity index (χ2n) is 6.50. The number of sulfonamides is 1. The van der Waals surface area contributed by atoms with Gasteiger partial charge in [0.05, 0.1) is 11.5 Å². The van der Waals surface area contributed by atoms with Crippen molar-refractivity contribution in [3.8, 4) is 0 Å². The average molecular weight is 332 g/mol. The second-order valence-corrected chi connectivity index (χ2v) is 9.23. The zero-order valence-corrected chi connectivity index (χ0v) is 14.4. The summed E-state index contributed by atoms with van der Waals surface area (Å²) in [5.41, 5.74) is 0.108. The van der Waals surface area contributed by atoms with E-state index in [0.717, 1.165) is 19.3 Å². The lowest BCUT2D eigenvalue weighted by atomic mass is 9.79. The van der Waals surface area contributed by atoms with Crippen LogP contribution in [-0.4, -0.2) is 20.1 Å². The molecule has 6 heteroatoms. The van der Waals surface area contributed by atoms with Crippen molar-refractivity contribution in [3.63, 3.8) is 0 Å². The van der Waals surface area contributed by atoms with E-state index in [9.17, 15) is 13.5 Å². The van der Waals surface area contributed by atoms with Crippen LogP contribution in [0.15, 0.2) is 16.3 Å². The molecule has 1 saturated carbocycles. The Bertz CT molecular complexity index is 557. The smallest absolute Gasteiger partial charge is 0.241 e. The summed E-state index contributed by atoms with van der Waals surface area (Å²) in [6.45, 7) is 4.66. The topological polar surface area (TPSA) is 66.4 Å². The lowest BCUT2D eigenvalue weighted by Gasteiger charge is -2.31. The Labute approximate surface area is 131 Å². The second kappa shape index (κ2) is 6.77. The van der Waals surface area contributed by atoms with E-state index < -0.39 is 10.0 Å². The molecule has 0 unspecified atom stereocenters. The van der Waals surface area contributed by atoms with Gasteiger partial charge in [0, 0.05) is 11.4 Å². The summed E-state index contributed by atoms with van der Waals surface area (Å²) < 4.78 is 27.7. The fourth-order valence-electron chi connectivity index (χ4n) is 3.45. The van der Waals surface area contributed by atoms with Crippen LogP contribution in [-0.2, 0) is 16.6 Å². The maximum Gasteiger partial charge on any atom is 0.241 e. The maximum absolute atomic E-state index is 12.4. The largest absolute Gasteiger partial charge is 0.391 e. The van der Waals surface area contributed by atoms with Crippen molar-refractivity contribution in [2.24, 2.45) is 11.3 Å². The Hall–Kier alpha value is -0.430. The quantitative estimate of drug-likeness (QED) is 0.807. The van der Waals surface area contributed by atoms with Gasteiger partial charge in [0.25, 0.3) is 0 Å². The number of aliphatic hydroxyl groups excluding tert-OH is 1. The lowest BCUT2D eigenvalue weighted by molar-refractivity contribution is 0.236. The Morgan fingerprint density at radius 1 is 1.38 bits per heavy atom. The summed E-state index contributed by atoms with van der Waals surface area (Å²) in [6.07, 6.45) is 5.64. The van der Waals surface area contributed by atoms with E-state index in [4.69, 9.17) is 0 Å². The zero-order chi connectivity index (χ0) is 15.5. The highest BCUT2D eigenvalue weighted by Crippen LogP contribution is 2.42. The van der Waals surface area contributed by atoms with E-state index in [-0.39, 0.29) is 16.9 Å². The summed E-state index contributed by atoms with van der Waals surface area (Å²) >= 11 is 1.28. The standard InChI is InChI=1S/C15H25NO3S2/c1-12(2)9-15(6-3-4-7-15)11-16-21(18,19)14-5-8-20-13(14)10-17/h5,8,12,16-17H,3-4,6-7,9-11H2,1-2H3. The molecule has 1 fully saturated rings. The SMILES string of the molecule is CC(C)CC1(CNS(=O)(=O)c2ccsc2CO)CCCC1. The molecule has 0 aromatic carbocycles. The average Bonchev–Trinajstić information content (AvgIpc) is 3.05. The molecule has 0 atom stereocenters. The molecule has 0 bridgehead atoms. The third-order valence-electron chi connectivity index (χ3n) is 4.28. The Kier molecular flexibility index (Phi) is 5.46. The third kappa shape index (κ3) is 4.06. The van der Waals surface area contributed by atoms with Crippen LogP contribution >= 0.6 is 11.3 Å². The highest BCUT2D eigenvalue weighted by atomic mass is 32.2. The summed E-state index contributed by atoms with van der Waals surface area (Å²) in [4.78, 5) is 0.736. The molecular formula is C15H25NO3S2. The molecule has 1 aromatic rings. The first-order chi connectivity index (χ1) is 9.88. The summed E-state index contributed by atoms with van der Waals surface area (Å²) in [6, 6.07) is 1.57. The summed E-state index contributed by atoms with van der Waals surface area (Å²) in [5, 5.41) is 10.9. The minimum absolute atomic E-state index is 0.108. The van der Waals surface area contributed by atoms with Crippen LogP contribution in [0, 0.1) is 11.3 Å². The van der Waals surface area contributed by atoms with Crippen LogP contribution in [0.3, 0.4) is 0 Å². The Morgan fingerprint density at radius 2 is 2.05 bits per heavy atom. The van der Waals surface area contributed by atoms with Crippen LogP contribution in [0.5, 0.6) is 0 Å². The van der Waals surface area contributed by atoms with Crippen LogP contribution in [0.4, 0.5) is 0 Å². The minimum Gasteiger partial charge on any atom is -0.391 e. The van der Waals surface area contributed by atoms with Gasteiger partial charge >= 0.3 is 0 Å². The molecule has 0 amide bonds. The molecule has 1 aliphatic carbocycles. The van der Waals surface area contributed by atoms with Gasteiger partial charge < -0.3 is 5.11 Å². The van der Waals surface area contributed by atoms with Gasteiger partial charge in [-0.25, -0.2) is 13.1 Å². The van der Waals surface area contributed by atoms with E-state index in [1.54, 1.807) is 11.4 Å². The van der Waals surface area contributed by atoms with E-state index in [1.165, 1.54) is 24.2 Å². The fourth-order valence-corrected chi connectivity index (χ4v) is 5.90. The van der Waals surface area contributed by atoms with E-state index in [2.05, 4.69) is 18.6 Å². The van der Waals surface area contributed by atoms with Gasteiger partial charge in [-0.1, -0.05) is 26.7 Å². The van der Waals surface area contributed by atoms with Gasteiger partial charge in [0.15, 0.2) is 0 Å². The first-order valence-electron chi connectivity index (χ1n) is 7.55. The van der Waals surface area contributed by atoms with Crippen LogP contribution < -0.4 is 4.72 Å². The highest BCUT2D eigenvalue weighted by Gasteiger charge is 2.35. The van der Waals surface area contributed by atoms with Gasteiger partial charge in [-0.05, 0) is 42.0 Å². The van der Waals surface area contributed by atoms with Gasteiger partial charge in [-0.15, -0.1) is 11.3 Å². The van der Waals surface area contributed by atoms with Crippen molar-refractivity contribution in [1.82, 2.24) is 4.72 Å². The van der Waals surface area contributed by atoms with Gasteiger partial charge in [-0.3, -0.25) is 0 Å². The van der Waals surface area contributed by atoms with Gasteiger partial charge in [0.1, 0.15) is 0 Å². The predicted octanol–water partition coefficient (Wildman–Crippen LogP) is 3.13. The monoisotopic (exact) mass is 331 g/mol. The molecule has 21 heavy (non-hydrogen) atoms. The number of thiophene rings is 1. The first kappa shape index (κ1) is 16.9. The minimum atomic E-state index is -3.52. The molecule has 1 aliphatic rings. The maximum atomic E-state index is 12.4. The molecule has 0 spiro atoms. The van der Waals surface area contributed by atoms with Gasteiger partial charge in [0.2, 0.25) is 10.0 Å². The Morgan fingerprint density at radius 3 is 2.62 bits per heavy atom. The van der Waals surface area contributed by atoms with Crippen molar-refractivity contribution < 1.29 is 13.5 Å². The van der Waals surface area contributed by atoms with E-state index >= 15 is 0 Å². The summed E-state index contributed by atoms with van der Waals surface area (Å²) in [5.74, 6) is 0.571. The molecule has 120 valence electrons. The van der Waals surface area contributed by atoms with Crippen molar-refractivity contribution in [1.29, 1.82) is 0 Å². The molecular weight excluding hydrogens is 306 g/mol. The molecule has 4 nitrogen and oxygen atoms in total. The van der Waals surface area contributed by atoms with Crippen molar-refractivity contribution in [2.45, 2.75) is 57.5 Å². The number of rotatable bonds is 7. The fraction of sp³-hybridized carbons (Fsp3) is 0.733. The number of aliphatic hydroxyl groups is 1. The van der Waals surface area contributed by atoms with Crippen molar-refractivity contribution in [2.75, 3.05) is 6.54 Å². The van der Waals surface area contributed by atoms with Crippen molar-refractivity contribution in [3.05, 3.63) is 16.3 Å². The molecule has 1 aromatic heterocycles. The number of hydrogen-bond donors (Lipinski definition) is 2. The van der Waals surface area contributed by atoms with E-state index in [0.29, 0.717) is 17.3 Å². The summed E-state index contributed by atoms with van der Waals surface area (Å²) in [7, 11) is -3.52.